The Morgan fingerprint density at radius 2 is 1.73 bits per heavy atom. The molecule has 1 aromatic carbocycles. The van der Waals surface area contributed by atoms with E-state index in [2.05, 4.69) is 0 Å². The third-order valence-corrected chi connectivity index (χ3v) is 4.57. The minimum atomic E-state index is -0.865. The first-order valence-electron chi connectivity index (χ1n) is 7.34. The monoisotopic (exact) mass is 299 g/mol. The lowest BCUT2D eigenvalue weighted by molar-refractivity contribution is -0.138. The van der Waals surface area contributed by atoms with Crippen LogP contribution < -0.4 is 0 Å². The van der Waals surface area contributed by atoms with Crippen molar-refractivity contribution in [3.05, 3.63) is 47.5 Å². The van der Waals surface area contributed by atoms with E-state index >= 15 is 0 Å². The first-order valence-corrected chi connectivity index (χ1v) is 7.34. The van der Waals surface area contributed by atoms with Gasteiger partial charge in [0.2, 0.25) is 0 Å². The molecule has 1 N–H and O–H groups in total. The molecular formula is C17H17NO4. The number of allylic oxidation sites excluding steroid dienone is 2. The Labute approximate surface area is 128 Å². The molecule has 0 spiro atoms. The van der Waals surface area contributed by atoms with Crippen LogP contribution in [0, 0.1) is 17.8 Å². The number of imide groups is 1. The normalized spacial score (nSPS) is 26.6. The molecule has 22 heavy (non-hydrogen) atoms. The predicted octanol–water partition coefficient (Wildman–Crippen LogP) is 2.20. The molecule has 1 heterocycles. The summed E-state index contributed by atoms with van der Waals surface area (Å²) in [5.41, 5.74) is 0.863. The Hall–Kier alpha value is -2.43. The average Bonchev–Trinajstić information content (AvgIpc) is 2.94. The summed E-state index contributed by atoms with van der Waals surface area (Å²) in [6.07, 6.45) is 3.88. The van der Waals surface area contributed by atoms with Gasteiger partial charge in [0.1, 0.15) is 0 Å². The molecule has 5 nitrogen and oxygen atoms in total. The Kier molecular flexibility index (Phi) is 3.56. The third kappa shape index (κ3) is 2.32. The fraction of sp³-hybridized carbons (Fsp3) is 0.353. The van der Waals surface area contributed by atoms with E-state index in [1.165, 1.54) is 4.90 Å². The molecule has 2 amide bonds. The van der Waals surface area contributed by atoms with Gasteiger partial charge in [0.05, 0.1) is 17.5 Å². The number of nitrogens with zero attached hydrogens (tertiary/aromatic N) is 1. The Balaban J connectivity index is 1.80. The molecule has 0 saturated heterocycles. The van der Waals surface area contributed by atoms with Gasteiger partial charge in [-0.2, -0.15) is 0 Å². The second kappa shape index (κ2) is 5.40. The van der Waals surface area contributed by atoms with Crippen LogP contribution >= 0.6 is 0 Å². The summed E-state index contributed by atoms with van der Waals surface area (Å²) in [4.78, 5) is 37.0. The SMILES string of the molecule is C[C@H]1C=C[C@H](CC(=O)O)[C@@H]1CN1C(=O)c2ccccc2C1=O. The smallest absolute Gasteiger partial charge is 0.303 e. The Bertz CT molecular complexity index is 644. The summed E-state index contributed by atoms with van der Waals surface area (Å²) in [7, 11) is 0. The number of rotatable bonds is 4. The number of amides is 2. The Morgan fingerprint density at radius 3 is 2.27 bits per heavy atom. The molecule has 5 heteroatoms. The number of carbonyl (C=O) groups excluding carboxylic acids is 2. The maximum absolute atomic E-state index is 12.4. The summed E-state index contributed by atoms with van der Waals surface area (Å²) < 4.78 is 0. The van der Waals surface area contributed by atoms with Crippen molar-refractivity contribution in [2.75, 3.05) is 6.54 Å². The van der Waals surface area contributed by atoms with Crippen LogP contribution in [0.4, 0.5) is 0 Å². The summed E-state index contributed by atoms with van der Waals surface area (Å²) in [6, 6.07) is 6.78. The lowest BCUT2D eigenvalue weighted by Gasteiger charge is -2.26. The van der Waals surface area contributed by atoms with Crippen molar-refractivity contribution >= 4 is 17.8 Å². The molecule has 0 bridgehead atoms. The Morgan fingerprint density at radius 1 is 1.14 bits per heavy atom. The van der Waals surface area contributed by atoms with Gasteiger partial charge in [0, 0.05) is 6.54 Å². The summed E-state index contributed by atoms with van der Waals surface area (Å²) in [5, 5.41) is 9.00. The molecule has 3 atom stereocenters. The van der Waals surface area contributed by atoms with Gasteiger partial charge in [-0.3, -0.25) is 19.3 Å². The van der Waals surface area contributed by atoms with Crippen molar-refractivity contribution in [1.29, 1.82) is 0 Å². The van der Waals surface area contributed by atoms with Crippen molar-refractivity contribution < 1.29 is 19.5 Å². The van der Waals surface area contributed by atoms with Gasteiger partial charge in [-0.1, -0.05) is 31.2 Å². The number of carbonyl (C=O) groups is 3. The lowest BCUT2D eigenvalue weighted by Crippen LogP contribution is -2.38. The number of aliphatic carboxylic acids is 1. The number of hydrogen-bond acceptors (Lipinski definition) is 3. The minimum Gasteiger partial charge on any atom is -0.481 e. The minimum absolute atomic E-state index is 0.0225. The molecule has 0 aromatic heterocycles. The van der Waals surface area contributed by atoms with Gasteiger partial charge < -0.3 is 5.11 Å². The molecule has 114 valence electrons. The lowest BCUT2D eigenvalue weighted by atomic mass is 9.86. The van der Waals surface area contributed by atoms with Crippen LogP contribution in [0.25, 0.3) is 0 Å². The van der Waals surface area contributed by atoms with Crippen LogP contribution in [0.3, 0.4) is 0 Å². The first-order chi connectivity index (χ1) is 10.5. The van der Waals surface area contributed by atoms with Gasteiger partial charge in [-0.05, 0) is 29.9 Å². The third-order valence-electron chi connectivity index (χ3n) is 4.57. The molecule has 1 aromatic rings. The van der Waals surface area contributed by atoms with Crippen LogP contribution in [-0.2, 0) is 4.79 Å². The van der Waals surface area contributed by atoms with Crippen LogP contribution in [-0.4, -0.2) is 34.3 Å². The van der Waals surface area contributed by atoms with E-state index in [0.717, 1.165) is 0 Å². The van der Waals surface area contributed by atoms with Gasteiger partial charge in [-0.15, -0.1) is 0 Å². The fourth-order valence-electron chi connectivity index (χ4n) is 3.33. The summed E-state index contributed by atoms with van der Waals surface area (Å²) in [6.45, 7) is 2.25. The standard InChI is InChI=1S/C17H17NO4/c1-10-6-7-11(8-15(19)20)14(10)9-18-16(21)12-4-2-3-5-13(12)17(18)22/h2-7,10-11,14H,8-9H2,1H3,(H,19,20)/t10-,11+,14+/m0/s1. The second-order valence-electron chi connectivity index (χ2n) is 5.94. The quantitative estimate of drug-likeness (QED) is 0.683. The summed E-state index contributed by atoms with van der Waals surface area (Å²) in [5.74, 6) is -1.47. The van der Waals surface area contributed by atoms with Gasteiger partial charge in [-0.25, -0.2) is 0 Å². The highest BCUT2D eigenvalue weighted by atomic mass is 16.4. The highest BCUT2D eigenvalue weighted by Gasteiger charge is 2.40. The molecule has 0 fully saturated rings. The van der Waals surface area contributed by atoms with E-state index in [1.807, 2.05) is 19.1 Å². The maximum atomic E-state index is 12.4. The number of benzene rings is 1. The van der Waals surface area contributed by atoms with Crippen molar-refractivity contribution in [3.8, 4) is 0 Å². The topological polar surface area (TPSA) is 74.7 Å². The zero-order valence-corrected chi connectivity index (χ0v) is 12.2. The number of carboxylic acids is 1. The van der Waals surface area contributed by atoms with Crippen molar-refractivity contribution in [3.63, 3.8) is 0 Å². The van der Waals surface area contributed by atoms with Crippen LogP contribution in [0.2, 0.25) is 0 Å². The zero-order chi connectivity index (χ0) is 15.9. The number of fused-ring (bicyclic) bond motifs is 1. The number of hydrogen-bond donors (Lipinski definition) is 1. The molecule has 0 unspecified atom stereocenters. The van der Waals surface area contributed by atoms with Crippen molar-refractivity contribution in [2.24, 2.45) is 17.8 Å². The molecule has 1 aliphatic carbocycles. The largest absolute Gasteiger partial charge is 0.481 e. The van der Waals surface area contributed by atoms with Crippen LogP contribution in [0.5, 0.6) is 0 Å². The first kappa shape index (κ1) is 14.5. The highest BCUT2D eigenvalue weighted by Crippen LogP contribution is 2.35. The van der Waals surface area contributed by atoms with Crippen LogP contribution in [0.15, 0.2) is 36.4 Å². The van der Waals surface area contributed by atoms with E-state index < -0.39 is 5.97 Å². The van der Waals surface area contributed by atoms with Gasteiger partial charge in [0.25, 0.3) is 11.8 Å². The van der Waals surface area contributed by atoms with Crippen molar-refractivity contribution in [2.45, 2.75) is 13.3 Å². The fourth-order valence-corrected chi connectivity index (χ4v) is 3.33. The van der Waals surface area contributed by atoms with E-state index in [4.69, 9.17) is 5.11 Å². The number of carboxylic acid groups (broad SMARTS) is 1. The van der Waals surface area contributed by atoms with Gasteiger partial charge >= 0.3 is 5.97 Å². The molecule has 0 saturated carbocycles. The van der Waals surface area contributed by atoms with Crippen molar-refractivity contribution in [1.82, 2.24) is 4.90 Å². The zero-order valence-electron chi connectivity index (χ0n) is 12.2. The molecule has 0 radical (unpaired) electrons. The maximum Gasteiger partial charge on any atom is 0.303 e. The van der Waals surface area contributed by atoms with Gasteiger partial charge in [0.15, 0.2) is 0 Å². The van der Waals surface area contributed by atoms with E-state index in [9.17, 15) is 14.4 Å². The molecule has 1 aliphatic heterocycles. The molecular weight excluding hydrogens is 282 g/mol. The summed E-state index contributed by atoms with van der Waals surface area (Å²) >= 11 is 0. The second-order valence-corrected chi connectivity index (χ2v) is 5.94. The molecule has 2 aliphatic rings. The van der Waals surface area contributed by atoms with Crippen LogP contribution in [0.1, 0.15) is 34.1 Å². The molecule has 3 rings (SSSR count). The highest BCUT2D eigenvalue weighted by molar-refractivity contribution is 6.21. The van der Waals surface area contributed by atoms with E-state index in [-0.39, 0.29) is 42.5 Å². The van der Waals surface area contributed by atoms with E-state index in [0.29, 0.717) is 11.1 Å². The average molecular weight is 299 g/mol. The van der Waals surface area contributed by atoms with E-state index in [1.54, 1.807) is 24.3 Å². The predicted molar refractivity (Wildman–Crippen MR) is 79.3 cm³/mol.